The molecule has 0 bridgehead atoms. The molecule has 3 aromatic heterocycles. The summed E-state index contributed by atoms with van der Waals surface area (Å²) < 4.78 is 3.08. The largest absolute Gasteiger partial charge is 0.332 e. The zero-order valence-electron chi connectivity index (χ0n) is 16.3. The predicted molar refractivity (Wildman–Crippen MR) is 113 cm³/mol. The number of aryl methyl sites for hydroxylation is 1. The van der Waals surface area contributed by atoms with E-state index in [1.807, 2.05) is 31.2 Å². The summed E-state index contributed by atoms with van der Waals surface area (Å²) in [5, 5.41) is 7.86. The molecule has 1 N–H and O–H groups in total. The smallest absolute Gasteiger partial charge is 0.277 e. The minimum atomic E-state index is -0.199. The maximum Gasteiger partial charge on any atom is 0.277 e. The summed E-state index contributed by atoms with van der Waals surface area (Å²) in [6, 6.07) is 11.0. The first-order chi connectivity index (χ1) is 14.6. The highest BCUT2D eigenvalue weighted by atomic mass is 35.5. The zero-order chi connectivity index (χ0) is 20.8. The van der Waals surface area contributed by atoms with Crippen molar-refractivity contribution in [2.75, 3.05) is 6.54 Å². The van der Waals surface area contributed by atoms with Crippen LogP contribution in [0, 0.1) is 0 Å². The zero-order valence-corrected chi connectivity index (χ0v) is 17.1. The van der Waals surface area contributed by atoms with E-state index in [-0.39, 0.29) is 18.0 Å². The van der Waals surface area contributed by atoms with Gasteiger partial charge in [0.25, 0.3) is 11.5 Å². The van der Waals surface area contributed by atoms with Gasteiger partial charge in [-0.15, -0.1) is 0 Å². The molecule has 1 aliphatic rings. The van der Waals surface area contributed by atoms with Gasteiger partial charge in [0.1, 0.15) is 5.69 Å². The van der Waals surface area contributed by atoms with Gasteiger partial charge < -0.3 is 4.90 Å². The molecule has 0 unspecified atom stereocenters. The van der Waals surface area contributed by atoms with Gasteiger partial charge in [-0.3, -0.25) is 19.4 Å². The highest BCUT2D eigenvalue weighted by molar-refractivity contribution is 6.33. The summed E-state index contributed by atoms with van der Waals surface area (Å²) in [5.41, 5.74) is 3.64. The second-order valence-electron chi connectivity index (χ2n) is 7.19. The molecule has 30 heavy (non-hydrogen) atoms. The van der Waals surface area contributed by atoms with Gasteiger partial charge >= 0.3 is 0 Å². The lowest BCUT2D eigenvalue weighted by Crippen LogP contribution is -2.41. The third-order valence-electron chi connectivity index (χ3n) is 5.45. The van der Waals surface area contributed by atoms with Gasteiger partial charge in [0.05, 0.1) is 23.5 Å². The number of halogens is 1. The topological polar surface area (TPSA) is 88.3 Å². The molecule has 0 aliphatic carbocycles. The minimum Gasteiger partial charge on any atom is -0.332 e. The van der Waals surface area contributed by atoms with Crippen LogP contribution >= 0.6 is 11.6 Å². The number of aromatic amines is 1. The molecule has 4 aromatic rings. The lowest BCUT2D eigenvalue weighted by molar-refractivity contribution is 0.0720. The molecule has 1 aliphatic heterocycles. The van der Waals surface area contributed by atoms with Crippen LogP contribution in [-0.2, 0) is 19.5 Å². The molecule has 0 spiro atoms. The van der Waals surface area contributed by atoms with E-state index in [1.165, 1.54) is 4.52 Å². The summed E-state index contributed by atoms with van der Waals surface area (Å²) in [6.07, 6.45) is 2.14. The Morgan fingerprint density at radius 2 is 2.10 bits per heavy atom. The van der Waals surface area contributed by atoms with E-state index in [1.54, 1.807) is 27.9 Å². The number of nitrogens with zero attached hydrogens (tertiary/aromatic N) is 5. The van der Waals surface area contributed by atoms with Crippen LogP contribution in [0.2, 0.25) is 5.02 Å². The number of carbonyl (C=O) groups excluding carboxylic acids is 1. The van der Waals surface area contributed by atoms with Crippen molar-refractivity contribution in [3.8, 4) is 11.3 Å². The first-order valence-corrected chi connectivity index (χ1v) is 10.1. The van der Waals surface area contributed by atoms with Gasteiger partial charge in [-0.1, -0.05) is 29.8 Å². The van der Waals surface area contributed by atoms with Crippen LogP contribution in [0.3, 0.4) is 0 Å². The standard InChI is InChI=1S/C21H19ClN6O2/c1-2-27-18(7-9-23-27)21(30)26-10-8-16-14(12-26)20(29)28-19(24-16)11-17(25-28)13-5-3-4-6-15(13)22/h3-7,9,11,25H,2,8,10,12H2,1H3. The molecule has 0 saturated heterocycles. The molecule has 1 aromatic carbocycles. The normalized spacial score (nSPS) is 13.6. The lowest BCUT2D eigenvalue weighted by Gasteiger charge is -2.27. The highest BCUT2D eigenvalue weighted by Crippen LogP contribution is 2.27. The number of fused-ring (bicyclic) bond motifs is 2. The fraction of sp³-hybridized carbons (Fsp3) is 0.238. The monoisotopic (exact) mass is 422 g/mol. The van der Waals surface area contributed by atoms with Crippen molar-refractivity contribution in [3.63, 3.8) is 0 Å². The van der Waals surface area contributed by atoms with Gasteiger partial charge in [-0.2, -0.15) is 5.10 Å². The van der Waals surface area contributed by atoms with Gasteiger partial charge in [-0.05, 0) is 19.1 Å². The van der Waals surface area contributed by atoms with E-state index in [0.717, 1.165) is 11.3 Å². The Balaban J connectivity index is 1.53. The first kappa shape index (κ1) is 18.6. The SMILES string of the molecule is CCn1nccc1C(=O)N1CCc2nc3cc(-c4ccccc4Cl)[nH]n3c(=O)c2C1. The minimum absolute atomic E-state index is 0.132. The molecule has 1 amide bonds. The van der Waals surface area contributed by atoms with Crippen LogP contribution in [0.25, 0.3) is 16.9 Å². The van der Waals surface area contributed by atoms with Gasteiger partial charge in [0.15, 0.2) is 5.65 Å². The van der Waals surface area contributed by atoms with Gasteiger partial charge in [0, 0.05) is 42.4 Å². The number of aromatic nitrogens is 5. The highest BCUT2D eigenvalue weighted by Gasteiger charge is 2.27. The van der Waals surface area contributed by atoms with Crippen molar-refractivity contribution in [3.05, 3.63) is 74.9 Å². The fourth-order valence-corrected chi connectivity index (χ4v) is 4.14. The second kappa shape index (κ2) is 7.14. The average Bonchev–Trinajstić information content (AvgIpc) is 3.40. The molecule has 0 radical (unpaired) electrons. The van der Waals surface area contributed by atoms with E-state index in [0.29, 0.717) is 47.1 Å². The third kappa shape index (κ3) is 2.91. The number of carbonyl (C=O) groups is 1. The fourth-order valence-electron chi connectivity index (χ4n) is 3.90. The van der Waals surface area contributed by atoms with Crippen LogP contribution in [0.4, 0.5) is 0 Å². The predicted octanol–water partition coefficient (Wildman–Crippen LogP) is 2.76. The molecule has 0 fully saturated rings. The Morgan fingerprint density at radius 1 is 1.27 bits per heavy atom. The third-order valence-corrected chi connectivity index (χ3v) is 5.78. The van der Waals surface area contributed by atoms with E-state index < -0.39 is 0 Å². The summed E-state index contributed by atoms with van der Waals surface area (Å²) >= 11 is 6.30. The van der Waals surface area contributed by atoms with Crippen molar-refractivity contribution in [2.24, 2.45) is 0 Å². The average molecular weight is 423 g/mol. The van der Waals surface area contributed by atoms with E-state index in [4.69, 9.17) is 11.6 Å². The van der Waals surface area contributed by atoms with Crippen molar-refractivity contribution in [2.45, 2.75) is 26.4 Å². The van der Waals surface area contributed by atoms with Crippen molar-refractivity contribution >= 4 is 23.2 Å². The van der Waals surface area contributed by atoms with E-state index in [2.05, 4.69) is 15.2 Å². The second-order valence-corrected chi connectivity index (χ2v) is 7.60. The van der Waals surface area contributed by atoms with Crippen LogP contribution in [0.15, 0.2) is 47.4 Å². The first-order valence-electron chi connectivity index (χ1n) is 9.76. The molecule has 5 rings (SSSR count). The summed E-state index contributed by atoms with van der Waals surface area (Å²) in [5.74, 6) is -0.132. The van der Waals surface area contributed by atoms with E-state index >= 15 is 0 Å². The Morgan fingerprint density at radius 3 is 2.90 bits per heavy atom. The number of hydrogen-bond donors (Lipinski definition) is 1. The number of nitrogens with one attached hydrogen (secondary N) is 1. The maximum atomic E-state index is 13.2. The van der Waals surface area contributed by atoms with Crippen molar-refractivity contribution in [1.29, 1.82) is 0 Å². The number of rotatable bonds is 3. The van der Waals surface area contributed by atoms with Crippen LogP contribution < -0.4 is 5.56 Å². The number of benzene rings is 1. The molecule has 0 atom stereocenters. The molecular formula is C21H19ClN6O2. The van der Waals surface area contributed by atoms with Gasteiger partial charge in [-0.25, -0.2) is 9.50 Å². The lowest BCUT2D eigenvalue weighted by atomic mass is 10.1. The van der Waals surface area contributed by atoms with Crippen LogP contribution in [0.5, 0.6) is 0 Å². The van der Waals surface area contributed by atoms with E-state index in [9.17, 15) is 9.59 Å². The summed E-state index contributed by atoms with van der Waals surface area (Å²) in [4.78, 5) is 32.5. The number of H-pyrrole nitrogens is 1. The molecular weight excluding hydrogens is 404 g/mol. The quantitative estimate of drug-likeness (QED) is 0.550. The molecule has 9 heteroatoms. The maximum absolute atomic E-state index is 13.2. The Bertz CT molecular complexity index is 1340. The number of amides is 1. The summed E-state index contributed by atoms with van der Waals surface area (Å²) in [6.45, 7) is 3.27. The van der Waals surface area contributed by atoms with Gasteiger partial charge in [0.2, 0.25) is 0 Å². The van der Waals surface area contributed by atoms with Crippen molar-refractivity contribution < 1.29 is 4.79 Å². The Labute approximate surface area is 176 Å². The van der Waals surface area contributed by atoms with Crippen LogP contribution in [0.1, 0.15) is 28.7 Å². The molecule has 152 valence electrons. The Kier molecular flexibility index (Phi) is 4.43. The molecule has 4 heterocycles. The van der Waals surface area contributed by atoms with Crippen LogP contribution in [-0.4, -0.2) is 41.7 Å². The van der Waals surface area contributed by atoms with Crippen molar-refractivity contribution in [1.82, 2.24) is 29.3 Å². The Hall–Kier alpha value is -3.39. The molecule has 0 saturated carbocycles. The number of hydrogen-bond acceptors (Lipinski definition) is 4. The molecule has 8 nitrogen and oxygen atoms in total. The summed E-state index contributed by atoms with van der Waals surface area (Å²) in [7, 11) is 0.